The third-order valence-corrected chi connectivity index (χ3v) is 7.05. The van der Waals surface area contributed by atoms with Crippen molar-refractivity contribution in [2.45, 2.75) is 78.2 Å². The molecule has 0 aromatic heterocycles. The third kappa shape index (κ3) is 4.00. The Hall–Kier alpha value is -1.31. The zero-order valence-corrected chi connectivity index (χ0v) is 16.8. The Balaban J connectivity index is 1.45. The molecule has 0 spiro atoms. The van der Waals surface area contributed by atoms with Crippen molar-refractivity contribution in [3.8, 4) is 0 Å². The van der Waals surface area contributed by atoms with Crippen molar-refractivity contribution < 1.29 is 4.79 Å². The minimum Gasteiger partial charge on any atom is -0.349 e. The van der Waals surface area contributed by atoms with Gasteiger partial charge in [-0.1, -0.05) is 51.1 Å². The van der Waals surface area contributed by atoms with Crippen LogP contribution in [0.2, 0.25) is 0 Å². The first-order valence-corrected chi connectivity index (χ1v) is 10.6. The van der Waals surface area contributed by atoms with E-state index in [9.17, 15) is 4.79 Å². The minimum atomic E-state index is 0.123. The maximum absolute atomic E-state index is 13.1. The fourth-order valence-corrected chi connectivity index (χ4v) is 6.64. The molecule has 2 heteroatoms. The van der Waals surface area contributed by atoms with E-state index in [-0.39, 0.29) is 17.4 Å². The number of rotatable bonds is 5. The van der Waals surface area contributed by atoms with Gasteiger partial charge in [-0.3, -0.25) is 4.79 Å². The van der Waals surface area contributed by atoms with Gasteiger partial charge in [0.1, 0.15) is 0 Å². The number of benzene rings is 1. The van der Waals surface area contributed by atoms with E-state index >= 15 is 0 Å². The molecule has 4 aliphatic rings. The van der Waals surface area contributed by atoms with Gasteiger partial charge in [-0.05, 0) is 79.1 Å². The van der Waals surface area contributed by atoms with E-state index in [0.717, 1.165) is 30.6 Å². The van der Waals surface area contributed by atoms with Gasteiger partial charge in [0, 0.05) is 6.42 Å². The number of carbonyl (C=O) groups is 1. The zero-order chi connectivity index (χ0) is 18.4. The fraction of sp³-hybridized carbons (Fsp3) is 0.708. The lowest BCUT2D eigenvalue weighted by atomic mass is 9.49. The average molecular weight is 354 g/mol. The van der Waals surface area contributed by atoms with Crippen LogP contribution in [0.25, 0.3) is 0 Å². The van der Waals surface area contributed by atoms with Crippen LogP contribution in [0.5, 0.6) is 0 Å². The molecule has 1 atom stereocenters. The number of nitrogens with one attached hydrogen (secondary N) is 1. The number of hydrogen-bond acceptors (Lipinski definition) is 1. The lowest BCUT2D eigenvalue weighted by molar-refractivity contribution is -0.130. The summed E-state index contributed by atoms with van der Waals surface area (Å²) in [6.45, 7) is 6.77. The molecule has 1 N–H and O–H groups in total. The van der Waals surface area contributed by atoms with Crippen LogP contribution in [0.15, 0.2) is 30.3 Å². The van der Waals surface area contributed by atoms with Crippen LogP contribution in [0.3, 0.4) is 0 Å². The predicted molar refractivity (Wildman–Crippen MR) is 107 cm³/mol. The second kappa shape index (κ2) is 6.69. The maximum Gasteiger partial charge on any atom is 0.221 e. The van der Waals surface area contributed by atoms with Gasteiger partial charge in [-0.15, -0.1) is 0 Å². The van der Waals surface area contributed by atoms with Gasteiger partial charge in [0.25, 0.3) is 0 Å². The Morgan fingerprint density at radius 1 is 1.04 bits per heavy atom. The molecule has 26 heavy (non-hydrogen) atoms. The van der Waals surface area contributed by atoms with Crippen molar-refractivity contribution in [2.24, 2.45) is 28.6 Å². The average Bonchev–Trinajstić information content (AvgIpc) is 2.52. The van der Waals surface area contributed by atoms with E-state index < -0.39 is 0 Å². The summed E-state index contributed by atoms with van der Waals surface area (Å²) in [5.74, 6) is 3.01. The number of hydrogen-bond donors (Lipinski definition) is 1. The summed E-state index contributed by atoms with van der Waals surface area (Å²) >= 11 is 0. The summed E-state index contributed by atoms with van der Waals surface area (Å²) in [7, 11) is 0. The summed E-state index contributed by atoms with van der Waals surface area (Å²) in [6, 6.07) is 10.6. The van der Waals surface area contributed by atoms with Gasteiger partial charge in [0.2, 0.25) is 5.91 Å². The van der Waals surface area contributed by atoms with Crippen molar-refractivity contribution >= 4 is 5.91 Å². The van der Waals surface area contributed by atoms with E-state index in [2.05, 4.69) is 56.4 Å². The van der Waals surface area contributed by atoms with E-state index in [1.54, 1.807) is 0 Å². The highest BCUT2D eigenvalue weighted by Crippen LogP contribution is 2.61. The van der Waals surface area contributed by atoms with Crippen molar-refractivity contribution in [2.75, 3.05) is 0 Å². The van der Waals surface area contributed by atoms with Crippen LogP contribution < -0.4 is 5.32 Å². The number of amides is 1. The van der Waals surface area contributed by atoms with E-state index in [0.29, 0.717) is 5.41 Å². The molecule has 5 rings (SSSR count). The molecule has 0 aliphatic heterocycles. The highest BCUT2D eigenvalue weighted by Gasteiger charge is 2.51. The molecule has 4 aliphatic carbocycles. The topological polar surface area (TPSA) is 29.1 Å². The van der Waals surface area contributed by atoms with E-state index in [1.807, 2.05) is 0 Å². The lowest BCUT2D eigenvalue weighted by Gasteiger charge is -2.56. The van der Waals surface area contributed by atoms with Crippen LogP contribution in [0, 0.1) is 28.6 Å². The summed E-state index contributed by atoms with van der Waals surface area (Å²) in [5, 5.41) is 3.43. The Labute approximate surface area is 159 Å². The molecule has 0 saturated heterocycles. The van der Waals surface area contributed by atoms with Gasteiger partial charge >= 0.3 is 0 Å². The Morgan fingerprint density at radius 3 is 2.08 bits per heavy atom. The maximum atomic E-state index is 13.1. The van der Waals surface area contributed by atoms with Gasteiger partial charge in [0.15, 0.2) is 0 Å². The quantitative estimate of drug-likeness (QED) is 0.703. The highest BCUT2D eigenvalue weighted by atomic mass is 16.1. The predicted octanol–water partition coefficient (Wildman–Crippen LogP) is 5.89. The third-order valence-electron chi connectivity index (χ3n) is 7.05. The standard InChI is InChI=1S/C24H35NO/c1-23(2,3)15-21(20-7-5-4-6-8-20)25-22(26)16-24-12-17-9-18(13-24)11-19(10-17)14-24/h4-8,17-19,21H,9-16H2,1-3H3,(H,25,26). The molecule has 1 aromatic rings. The normalized spacial score (nSPS) is 33.9. The SMILES string of the molecule is CC(C)(C)CC(NC(=O)CC12CC3CC(CC(C3)C1)C2)c1ccccc1. The summed E-state index contributed by atoms with van der Waals surface area (Å²) in [6.07, 6.45) is 9.98. The molecule has 1 amide bonds. The molecule has 4 fully saturated rings. The largest absolute Gasteiger partial charge is 0.349 e. The monoisotopic (exact) mass is 353 g/mol. The summed E-state index contributed by atoms with van der Waals surface area (Å²) < 4.78 is 0. The Morgan fingerprint density at radius 2 is 1.58 bits per heavy atom. The van der Waals surface area contributed by atoms with Crippen LogP contribution in [-0.2, 0) is 4.79 Å². The molecule has 4 saturated carbocycles. The summed E-state index contributed by atoms with van der Waals surface area (Å²) in [4.78, 5) is 13.1. The fourth-order valence-electron chi connectivity index (χ4n) is 6.64. The molecule has 0 heterocycles. The molecular weight excluding hydrogens is 318 g/mol. The first kappa shape index (κ1) is 18.1. The molecule has 4 bridgehead atoms. The second-order valence-electron chi connectivity index (χ2n) is 10.9. The van der Waals surface area contributed by atoms with Crippen LogP contribution in [0.4, 0.5) is 0 Å². The van der Waals surface area contributed by atoms with Gasteiger partial charge in [-0.25, -0.2) is 0 Å². The smallest absolute Gasteiger partial charge is 0.221 e. The van der Waals surface area contributed by atoms with Crippen molar-refractivity contribution in [3.05, 3.63) is 35.9 Å². The van der Waals surface area contributed by atoms with Crippen molar-refractivity contribution in [1.82, 2.24) is 5.32 Å². The first-order chi connectivity index (χ1) is 12.3. The Bertz CT molecular complexity index is 607. The van der Waals surface area contributed by atoms with Crippen LogP contribution in [-0.4, -0.2) is 5.91 Å². The van der Waals surface area contributed by atoms with E-state index in [1.165, 1.54) is 44.1 Å². The minimum absolute atomic E-state index is 0.123. The van der Waals surface area contributed by atoms with Crippen LogP contribution >= 0.6 is 0 Å². The molecule has 1 aromatic carbocycles. The molecular formula is C24H35NO. The zero-order valence-electron chi connectivity index (χ0n) is 16.8. The van der Waals surface area contributed by atoms with Crippen molar-refractivity contribution in [1.29, 1.82) is 0 Å². The van der Waals surface area contributed by atoms with Gasteiger partial charge in [-0.2, -0.15) is 0 Å². The van der Waals surface area contributed by atoms with Crippen molar-refractivity contribution in [3.63, 3.8) is 0 Å². The first-order valence-electron chi connectivity index (χ1n) is 10.6. The summed E-state index contributed by atoms with van der Waals surface area (Å²) in [5.41, 5.74) is 1.75. The highest BCUT2D eigenvalue weighted by molar-refractivity contribution is 5.77. The lowest BCUT2D eigenvalue weighted by Crippen LogP contribution is -2.48. The van der Waals surface area contributed by atoms with E-state index in [4.69, 9.17) is 0 Å². The Kier molecular flexibility index (Phi) is 4.65. The van der Waals surface area contributed by atoms with Gasteiger partial charge < -0.3 is 5.32 Å². The number of carbonyl (C=O) groups excluding carboxylic acids is 1. The molecule has 1 unspecified atom stereocenters. The molecule has 142 valence electrons. The van der Waals surface area contributed by atoms with Crippen LogP contribution in [0.1, 0.15) is 83.7 Å². The second-order valence-corrected chi connectivity index (χ2v) is 10.9. The molecule has 2 nitrogen and oxygen atoms in total. The molecule has 0 radical (unpaired) electrons. The van der Waals surface area contributed by atoms with Gasteiger partial charge in [0.05, 0.1) is 6.04 Å².